The first kappa shape index (κ1) is 16.3. The van der Waals surface area contributed by atoms with Crippen LogP contribution in [0, 0.1) is 0 Å². The zero-order valence-electron chi connectivity index (χ0n) is 12.5. The Balaban J connectivity index is 2.45. The highest BCUT2D eigenvalue weighted by Gasteiger charge is 2.27. The molecule has 4 heteroatoms. The largest absolute Gasteiger partial charge is 0.383 e. The van der Waals surface area contributed by atoms with E-state index < -0.39 is 0 Å². The second kappa shape index (κ2) is 8.41. The maximum absolute atomic E-state index is 5.39. The zero-order valence-corrected chi connectivity index (χ0v) is 13.3. The van der Waals surface area contributed by atoms with Crippen LogP contribution in [0.15, 0.2) is 0 Å². The molecule has 1 atom stereocenters. The van der Waals surface area contributed by atoms with Gasteiger partial charge < -0.3 is 10.1 Å². The van der Waals surface area contributed by atoms with Crippen molar-refractivity contribution in [2.45, 2.75) is 44.4 Å². The standard InChI is InChI=1S/C14H30N2OS/c1-5-7-15-11-13(12-17-4)16-8-6-14(2,3)18-10-9-16/h13,15H,5-12H2,1-4H3. The summed E-state index contributed by atoms with van der Waals surface area (Å²) in [5, 5.41) is 3.53. The zero-order chi connectivity index (χ0) is 13.4. The third kappa shape index (κ3) is 5.91. The summed E-state index contributed by atoms with van der Waals surface area (Å²) in [7, 11) is 1.81. The van der Waals surface area contributed by atoms with Crippen molar-refractivity contribution in [3.63, 3.8) is 0 Å². The Morgan fingerprint density at radius 2 is 2.17 bits per heavy atom. The van der Waals surface area contributed by atoms with E-state index in [9.17, 15) is 0 Å². The van der Waals surface area contributed by atoms with E-state index in [4.69, 9.17) is 4.74 Å². The van der Waals surface area contributed by atoms with Gasteiger partial charge in [0, 0.05) is 36.7 Å². The number of ether oxygens (including phenoxy) is 1. The molecular weight excluding hydrogens is 244 g/mol. The van der Waals surface area contributed by atoms with E-state index in [1.807, 2.05) is 7.11 Å². The molecule has 1 rings (SSSR count). The van der Waals surface area contributed by atoms with E-state index >= 15 is 0 Å². The Bertz CT molecular complexity index is 224. The lowest BCUT2D eigenvalue weighted by Crippen LogP contribution is -2.46. The molecule has 1 saturated heterocycles. The van der Waals surface area contributed by atoms with Gasteiger partial charge in [0.25, 0.3) is 0 Å². The van der Waals surface area contributed by atoms with Crippen molar-refractivity contribution >= 4 is 11.8 Å². The molecule has 0 saturated carbocycles. The summed E-state index contributed by atoms with van der Waals surface area (Å²) in [6.07, 6.45) is 2.47. The van der Waals surface area contributed by atoms with Crippen LogP contribution in [0.3, 0.4) is 0 Å². The number of nitrogens with one attached hydrogen (secondary N) is 1. The van der Waals surface area contributed by atoms with Gasteiger partial charge in [0.1, 0.15) is 0 Å². The van der Waals surface area contributed by atoms with Crippen molar-refractivity contribution < 1.29 is 4.74 Å². The van der Waals surface area contributed by atoms with Gasteiger partial charge in [0.05, 0.1) is 6.61 Å². The maximum Gasteiger partial charge on any atom is 0.0630 e. The van der Waals surface area contributed by atoms with Crippen molar-refractivity contribution in [3.05, 3.63) is 0 Å². The van der Waals surface area contributed by atoms with Gasteiger partial charge in [-0.15, -0.1) is 0 Å². The van der Waals surface area contributed by atoms with Crippen LogP contribution in [-0.4, -0.2) is 61.3 Å². The van der Waals surface area contributed by atoms with Gasteiger partial charge in [-0.1, -0.05) is 20.8 Å². The second-order valence-corrected chi connectivity index (χ2v) is 7.51. The van der Waals surface area contributed by atoms with Crippen LogP contribution in [0.1, 0.15) is 33.6 Å². The lowest BCUT2D eigenvalue weighted by molar-refractivity contribution is 0.0923. The first-order valence-electron chi connectivity index (χ1n) is 7.16. The number of rotatable bonds is 7. The van der Waals surface area contributed by atoms with E-state index in [-0.39, 0.29) is 0 Å². The van der Waals surface area contributed by atoms with E-state index in [2.05, 4.69) is 42.7 Å². The highest BCUT2D eigenvalue weighted by molar-refractivity contribution is 8.00. The highest BCUT2D eigenvalue weighted by atomic mass is 32.2. The van der Waals surface area contributed by atoms with Crippen LogP contribution in [0.25, 0.3) is 0 Å². The molecule has 1 aliphatic rings. The van der Waals surface area contributed by atoms with Crippen LogP contribution in [-0.2, 0) is 4.74 Å². The van der Waals surface area contributed by atoms with Crippen molar-refractivity contribution in [1.29, 1.82) is 0 Å². The molecule has 1 fully saturated rings. The summed E-state index contributed by atoms with van der Waals surface area (Å²) in [6.45, 7) is 12.3. The predicted octanol–water partition coefficient (Wildman–Crippen LogP) is 2.22. The fourth-order valence-corrected chi connectivity index (χ4v) is 3.45. The minimum Gasteiger partial charge on any atom is -0.383 e. The molecule has 0 aliphatic carbocycles. The van der Waals surface area contributed by atoms with E-state index in [1.54, 1.807) is 0 Å². The van der Waals surface area contributed by atoms with Crippen LogP contribution in [0.4, 0.5) is 0 Å². The fraction of sp³-hybridized carbons (Fsp3) is 1.00. The molecule has 1 heterocycles. The van der Waals surface area contributed by atoms with Crippen LogP contribution < -0.4 is 5.32 Å². The minimum atomic E-state index is 0.434. The number of hydrogen-bond acceptors (Lipinski definition) is 4. The number of methoxy groups -OCH3 is 1. The average Bonchev–Trinajstić information content (AvgIpc) is 2.49. The summed E-state index contributed by atoms with van der Waals surface area (Å²) in [6, 6.07) is 0.524. The van der Waals surface area contributed by atoms with E-state index in [0.717, 1.165) is 19.7 Å². The van der Waals surface area contributed by atoms with Crippen molar-refractivity contribution in [2.24, 2.45) is 0 Å². The van der Waals surface area contributed by atoms with Gasteiger partial charge in [0.15, 0.2) is 0 Å². The number of thioether (sulfide) groups is 1. The monoisotopic (exact) mass is 274 g/mol. The molecule has 0 aromatic carbocycles. The van der Waals surface area contributed by atoms with Gasteiger partial charge in [-0.05, 0) is 25.9 Å². The Kier molecular flexibility index (Phi) is 7.61. The number of nitrogens with zero attached hydrogens (tertiary/aromatic N) is 1. The average molecular weight is 274 g/mol. The molecule has 1 N–H and O–H groups in total. The fourth-order valence-electron chi connectivity index (χ4n) is 2.33. The first-order valence-corrected chi connectivity index (χ1v) is 8.15. The lowest BCUT2D eigenvalue weighted by atomic mass is 10.1. The predicted molar refractivity (Wildman–Crippen MR) is 81.6 cm³/mol. The smallest absolute Gasteiger partial charge is 0.0630 e. The molecule has 0 bridgehead atoms. The third-order valence-electron chi connectivity index (χ3n) is 3.55. The quantitative estimate of drug-likeness (QED) is 0.720. The summed E-state index contributed by atoms with van der Waals surface area (Å²) < 4.78 is 5.83. The molecule has 0 amide bonds. The minimum absolute atomic E-state index is 0.434. The molecule has 0 aromatic rings. The third-order valence-corrected chi connectivity index (χ3v) is 4.93. The summed E-state index contributed by atoms with van der Waals surface area (Å²) in [5.74, 6) is 1.24. The van der Waals surface area contributed by atoms with Crippen molar-refractivity contribution in [1.82, 2.24) is 10.2 Å². The number of hydrogen-bond donors (Lipinski definition) is 1. The molecule has 108 valence electrons. The molecular formula is C14H30N2OS. The Morgan fingerprint density at radius 3 is 2.83 bits per heavy atom. The molecule has 1 unspecified atom stereocenters. The SMILES string of the molecule is CCCNCC(COC)N1CCSC(C)(C)CC1. The Morgan fingerprint density at radius 1 is 1.39 bits per heavy atom. The Labute approximate surface area is 117 Å². The van der Waals surface area contributed by atoms with E-state index in [1.165, 1.54) is 31.7 Å². The van der Waals surface area contributed by atoms with Crippen molar-refractivity contribution in [3.8, 4) is 0 Å². The lowest BCUT2D eigenvalue weighted by Gasteiger charge is -2.30. The van der Waals surface area contributed by atoms with Gasteiger partial charge in [0.2, 0.25) is 0 Å². The first-order chi connectivity index (χ1) is 8.59. The molecule has 1 aliphatic heterocycles. The highest BCUT2D eigenvalue weighted by Crippen LogP contribution is 2.31. The molecule has 0 radical (unpaired) electrons. The van der Waals surface area contributed by atoms with E-state index in [0.29, 0.717) is 10.8 Å². The Hall–Kier alpha value is 0.230. The molecule has 0 spiro atoms. The van der Waals surface area contributed by atoms with Crippen LogP contribution in [0.2, 0.25) is 0 Å². The van der Waals surface area contributed by atoms with Crippen LogP contribution >= 0.6 is 11.8 Å². The van der Waals surface area contributed by atoms with Crippen LogP contribution in [0.5, 0.6) is 0 Å². The molecule has 3 nitrogen and oxygen atoms in total. The van der Waals surface area contributed by atoms with Gasteiger partial charge in [-0.2, -0.15) is 11.8 Å². The normalized spacial score (nSPS) is 22.7. The maximum atomic E-state index is 5.39. The second-order valence-electron chi connectivity index (χ2n) is 5.71. The van der Waals surface area contributed by atoms with Gasteiger partial charge in [-0.3, -0.25) is 4.90 Å². The summed E-state index contributed by atoms with van der Waals surface area (Å²) in [5.41, 5.74) is 0. The van der Waals surface area contributed by atoms with Crippen molar-refractivity contribution in [2.75, 3.05) is 45.6 Å². The van der Waals surface area contributed by atoms with Gasteiger partial charge in [-0.25, -0.2) is 0 Å². The molecule has 0 aromatic heterocycles. The van der Waals surface area contributed by atoms with Gasteiger partial charge >= 0.3 is 0 Å². The summed E-state index contributed by atoms with van der Waals surface area (Å²) in [4.78, 5) is 2.61. The topological polar surface area (TPSA) is 24.5 Å². The summed E-state index contributed by atoms with van der Waals surface area (Å²) >= 11 is 2.11. The molecule has 18 heavy (non-hydrogen) atoms.